The lowest BCUT2D eigenvalue weighted by atomic mass is 10.1. The number of halogens is 4. The van der Waals surface area contributed by atoms with Crippen LogP contribution in [0.25, 0.3) is 0 Å². The van der Waals surface area contributed by atoms with Gasteiger partial charge in [-0.3, -0.25) is 4.79 Å². The van der Waals surface area contributed by atoms with Crippen LogP contribution in [-0.2, 0) is 11.0 Å². The number of rotatable bonds is 6. The molecule has 25 heavy (non-hydrogen) atoms. The third-order valence-electron chi connectivity index (χ3n) is 2.73. The average Bonchev–Trinajstić information content (AvgIpc) is 2.93. The Kier molecular flexibility index (Phi) is 6.53. The van der Waals surface area contributed by atoms with Crippen LogP contribution in [0.1, 0.15) is 19.4 Å². The molecule has 0 fully saturated rings. The monoisotopic (exact) mass is 410 g/mol. The second-order valence-corrected chi connectivity index (χ2v) is 7.78. The molecule has 1 heterocycles. The van der Waals surface area contributed by atoms with Crippen molar-refractivity contribution in [3.63, 3.8) is 0 Å². The summed E-state index contributed by atoms with van der Waals surface area (Å²) in [5, 5.41) is 13.6. The van der Waals surface area contributed by atoms with Crippen molar-refractivity contribution in [3.8, 4) is 0 Å². The summed E-state index contributed by atoms with van der Waals surface area (Å²) in [6.07, 6.45) is -4.61. The lowest BCUT2D eigenvalue weighted by molar-refractivity contribution is -0.137. The first-order valence-corrected chi connectivity index (χ1v) is 9.23. The topological polar surface area (TPSA) is 66.9 Å². The summed E-state index contributed by atoms with van der Waals surface area (Å²) in [6.45, 7) is 3.90. The van der Waals surface area contributed by atoms with Gasteiger partial charge in [0, 0.05) is 6.04 Å². The van der Waals surface area contributed by atoms with Crippen LogP contribution in [0.15, 0.2) is 22.5 Å². The zero-order chi connectivity index (χ0) is 18.6. The number of hydrogen-bond acceptors (Lipinski definition) is 6. The molecule has 0 aliphatic heterocycles. The molecule has 11 heteroatoms. The van der Waals surface area contributed by atoms with Gasteiger partial charge in [0.2, 0.25) is 11.0 Å². The van der Waals surface area contributed by atoms with Gasteiger partial charge in [0.25, 0.3) is 0 Å². The van der Waals surface area contributed by atoms with Gasteiger partial charge in [-0.25, -0.2) is 0 Å². The Morgan fingerprint density at radius 2 is 2.08 bits per heavy atom. The van der Waals surface area contributed by atoms with Crippen molar-refractivity contribution < 1.29 is 18.0 Å². The normalized spacial score (nSPS) is 11.6. The number of hydrogen-bond donors (Lipinski definition) is 2. The Hall–Kier alpha value is -1.52. The van der Waals surface area contributed by atoms with Gasteiger partial charge in [0.1, 0.15) is 0 Å². The zero-order valence-corrected chi connectivity index (χ0v) is 15.5. The maximum Gasteiger partial charge on any atom is 0.418 e. The highest BCUT2D eigenvalue weighted by Gasteiger charge is 2.34. The molecule has 2 aromatic rings. The van der Waals surface area contributed by atoms with Crippen LogP contribution in [0.3, 0.4) is 0 Å². The maximum atomic E-state index is 13.0. The molecule has 2 N–H and O–H groups in total. The summed E-state index contributed by atoms with van der Waals surface area (Å²) >= 11 is 8.15. The van der Waals surface area contributed by atoms with Gasteiger partial charge in [-0.05, 0) is 26.0 Å². The van der Waals surface area contributed by atoms with Crippen molar-refractivity contribution >= 4 is 51.4 Å². The third kappa shape index (κ3) is 5.75. The molecule has 0 radical (unpaired) electrons. The third-order valence-corrected chi connectivity index (χ3v) is 5.03. The van der Waals surface area contributed by atoms with Crippen LogP contribution in [-0.4, -0.2) is 27.9 Å². The Balaban J connectivity index is 2.00. The SMILES string of the molecule is CC(C)Nc1nnc(SCC(=O)Nc2c(Cl)cccc2C(F)(F)F)s1. The molecule has 136 valence electrons. The maximum absolute atomic E-state index is 13.0. The van der Waals surface area contributed by atoms with Crippen LogP contribution in [0.5, 0.6) is 0 Å². The summed E-state index contributed by atoms with van der Waals surface area (Å²) in [5.74, 6) is -0.726. The molecule has 0 atom stereocenters. The van der Waals surface area contributed by atoms with E-state index in [-0.39, 0.29) is 16.8 Å². The number of carbonyl (C=O) groups is 1. The van der Waals surface area contributed by atoms with E-state index < -0.39 is 23.3 Å². The van der Waals surface area contributed by atoms with E-state index in [1.54, 1.807) is 0 Å². The van der Waals surface area contributed by atoms with Crippen LogP contribution in [0, 0.1) is 0 Å². The van der Waals surface area contributed by atoms with Crippen molar-refractivity contribution in [1.29, 1.82) is 0 Å². The summed E-state index contributed by atoms with van der Waals surface area (Å²) in [6, 6.07) is 3.52. The Bertz CT molecular complexity index is 752. The largest absolute Gasteiger partial charge is 0.418 e. The van der Waals surface area contributed by atoms with Crippen LogP contribution in [0.2, 0.25) is 5.02 Å². The number of nitrogens with one attached hydrogen (secondary N) is 2. The Morgan fingerprint density at radius 1 is 1.36 bits per heavy atom. The number of alkyl halides is 3. The van der Waals surface area contributed by atoms with E-state index in [1.165, 1.54) is 23.5 Å². The second-order valence-electron chi connectivity index (χ2n) is 5.17. The molecule has 0 aliphatic rings. The fourth-order valence-electron chi connectivity index (χ4n) is 1.76. The first-order valence-electron chi connectivity index (χ1n) is 7.05. The minimum absolute atomic E-state index is 0.112. The molecule has 0 aliphatic carbocycles. The van der Waals surface area contributed by atoms with E-state index in [0.29, 0.717) is 9.47 Å². The molecule has 0 saturated heterocycles. The molecule has 1 aromatic carbocycles. The average molecular weight is 411 g/mol. The van der Waals surface area contributed by atoms with E-state index >= 15 is 0 Å². The molecular formula is C14H14ClF3N4OS2. The predicted molar refractivity (Wildman–Crippen MR) is 94.5 cm³/mol. The quantitative estimate of drug-likeness (QED) is 0.672. The van der Waals surface area contributed by atoms with Crippen LogP contribution < -0.4 is 10.6 Å². The summed E-state index contributed by atoms with van der Waals surface area (Å²) in [5.41, 5.74) is -1.43. The fourth-order valence-corrected chi connectivity index (χ4v) is 3.68. The zero-order valence-electron chi connectivity index (χ0n) is 13.1. The molecule has 2 rings (SSSR count). The lowest BCUT2D eigenvalue weighted by Crippen LogP contribution is -2.18. The molecule has 0 saturated carbocycles. The molecular weight excluding hydrogens is 397 g/mol. The highest BCUT2D eigenvalue weighted by molar-refractivity contribution is 8.01. The van der Waals surface area contributed by atoms with E-state index in [4.69, 9.17) is 11.6 Å². The fraction of sp³-hybridized carbons (Fsp3) is 0.357. The number of benzene rings is 1. The van der Waals surface area contributed by atoms with E-state index in [9.17, 15) is 18.0 Å². The van der Waals surface area contributed by atoms with Crippen molar-refractivity contribution in [3.05, 3.63) is 28.8 Å². The van der Waals surface area contributed by atoms with Crippen LogP contribution >= 0.6 is 34.7 Å². The number of anilines is 2. The van der Waals surface area contributed by atoms with Crippen molar-refractivity contribution in [2.45, 2.75) is 30.4 Å². The van der Waals surface area contributed by atoms with Gasteiger partial charge in [0.15, 0.2) is 4.34 Å². The highest BCUT2D eigenvalue weighted by Crippen LogP contribution is 2.38. The number of nitrogens with zero attached hydrogens (tertiary/aromatic N) is 2. The Morgan fingerprint density at radius 3 is 2.72 bits per heavy atom. The van der Waals surface area contributed by atoms with E-state index in [1.807, 2.05) is 13.8 Å². The number of para-hydroxylation sites is 1. The molecule has 0 unspecified atom stereocenters. The number of thioether (sulfide) groups is 1. The minimum atomic E-state index is -4.61. The number of carbonyl (C=O) groups excluding carboxylic acids is 1. The molecule has 0 spiro atoms. The lowest BCUT2D eigenvalue weighted by Gasteiger charge is -2.14. The highest BCUT2D eigenvalue weighted by atomic mass is 35.5. The second kappa shape index (κ2) is 8.24. The summed E-state index contributed by atoms with van der Waals surface area (Å²) in [4.78, 5) is 12.0. The Labute approximate surface area is 155 Å². The smallest absolute Gasteiger partial charge is 0.358 e. The first-order chi connectivity index (χ1) is 11.7. The van der Waals surface area contributed by atoms with Crippen molar-refractivity contribution in [2.24, 2.45) is 0 Å². The van der Waals surface area contributed by atoms with Gasteiger partial charge in [-0.2, -0.15) is 13.2 Å². The molecule has 5 nitrogen and oxygen atoms in total. The minimum Gasteiger partial charge on any atom is -0.358 e. The van der Waals surface area contributed by atoms with Gasteiger partial charge in [-0.15, -0.1) is 10.2 Å². The van der Waals surface area contributed by atoms with Crippen molar-refractivity contribution in [1.82, 2.24) is 10.2 Å². The summed E-state index contributed by atoms with van der Waals surface area (Å²) < 4.78 is 39.5. The number of aromatic nitrogens is 2. The van der Waals surface area contributed by atoms with Crippen molar-refractivity contribution in [2.75, 3.05) is 16.4 Å². The molecule has 0 bridgehead atoms. The van der Waals surface area contributed by atoms with Gasteiger partial charge in [0.05, 0.1) is 22.0 Å². The van der Waals surface area contributed by atoms with E-state index in [2.05, 4.69) is 20.8 Å². The van der Waals surface area contributed by atoms with E-state index in [0.717, 1.165) is 17.8 Å². The number of amides is 1. The summed E-state index contributed by atoms with van der Waals surface area (Å²) in [7, 11) is 0. The predicted octanol–water partition coefficient (Wildman–Crippen LogP) is 4.76. The van der Waals surface area contributed by atoms with Gasteiger partial charge in [-0.1, -0.05) is 40.8 Å². The van der Waals surface area contributed by atoms with Gasteiger partial charge >= 0.3 is 6.18 Å². The molecule has 1 aromatic heterocycles. The van der Waals surface area contributed by atoms with Crippen LogP contribution in [0.4, 0.5) is 24.0 Å². The standard InChI is InChI=1S/C14H14ClF3N4OS2/c1-7(2)19-12-21-22-13(25-12)24-6-10(23)20-11-8(14(16,17)18)4-3-5-9(11)15/h3-5,7H,6H2,1-2H3,(H,19,21)(H,20,23). The van der Waals surface area contributed by atoms with Gasteiger partial charge < -0.3 is 10.6 Å². The molecule has 1 amide bonds. The first kappa shape index (κ1) is 19.8.